The average Bonchev–Trinajstić information content (AvgIpc) is 2.32. The average molecular weight is 176 g/mol. The van der Waals surface area contributed by atoms with E-state index in [2.05, 4.69) is 8.75 Å². The molecular formula is C2N4O4S. The summed E-state index contributed by atoms with van der Waals surface area (Å²) >= 11 is 0.440. The van der Waals surface area contributed by atoms with Gasteiger partial charge in [0.1, 0.15) is 0 Å². The van der Waals surface area contributed by atoms with Crippen LogP contribution in [0.4, 0.5) is 11.6 Å². The highest BCUT2D eigenvalue weighted by molar-refractivity contribution is 6.99. The monoisotopic (exact) mass is 176 g/mol. The summed E-state index contributed by atoms with van der Waals surface area (Å²) < 4.78 is 6.25. The molecule has 1 aromatic rings. The third kappa shape index (κ3) is 1.26. The Labute approximate surface area is 63.1 Å². The molecule has 0 saturated heterocycles. The molecule has 0 unspecified atom stereocenters. The first-order chi connectivity index (χ1) is 5.13. The third-order valence-electron chi connectivity index (χ3n) is 0.800. The molecule has 1 heterocycles. The second-order valence-corrected chi connectivity index (χ2v) is 1.95. The molecule has 0 N–H and O–H groups in total. The highest BCUT2D eigenvalue weighted by Gasteiger charge is 2.31. The Morgan fingerprint density at radius 2 is 1.45 bits per heavy atom. The van der Waals surface area contributed by atoms with Crippen LogP contribution in [-0.2, 0) is 0 Å². The Hall–Kier alpha value is -1.64. The lowest BCUT2D eigenvalue weighted by atomic mass is 10.7. The molecule has 0 saturated carbocycles. The minimum absolute atomic E-state index is 0.440. The Balaban J connectivity index is 3.16. The van der Waals surface area contributed by atoms with Gasteiger partial charge in [0.05, 0.1) is 8.75 Å². The van der Waals surface area contributed by atoms with Crippen LogP contribution in [0.2, 0.25) is 0 Å². The van der Waals surface area contributed by atoms with Crippen LogP contribution in [0.5, 0.6) is 0 Å². The predicted molar refractivity (Wildman–Crippen MR) is 33.2 cm³/mol. The maximum atomic E-state index is 9.99. The van der Waals surface area contributed by atoms with Crippen molar-refractivity contribution < 1.29 is 9.85 Å². The zero-order chi connectivity index (χ0) is 8.43. The number of aromatic nitrogens is 2. The van der Waals surface area contributed by atoms with Crippen LogP contribution in [0.15, 0.2) is 0 Å². The summed E-state index contributed by atoms with van der Waals surface area (Å²) in [6, 6.07) is 0. The van der Waals surface area contributed by atoms with Crippen molar-refractivity contribution in [3.05, 3.63) is 20.2 Å². The van der Waals surface area contributed by atoms with Gasteiger partial charge in [0, 0.05) is 0 Å². The van der Waals surface area contributed by atoms with Gasteiger partial charge >= 0.3 is 23.4 Å². The molecule has 0 spiro atoms. The molecule has 0 atom stereocenters. The minimum atomic E-state index is -0.943. The molecule has 8 nitrogen and oxygen atoms in total. The Morgan fingerprint density at radius 3 is 1.73 bits per heavy atom. The summed E-state index contributed by atoms with van der Waals surface area (Å²) in [6.07, 6.45) is 0. The van der Waals surface area contributed by atoms with Gasteiger partial charge in [-0.3, -0.25) is 0 Å². The van der Waals surface area contributed by atoms with Crippen LogP contribution < -0.4 is 0 Å². The quantitative estimate of drug-likeness (QED) is 0.474. The van der Waals surface area contributed by atoms with E-state index in [1.807, 2.05) is 0 Å². The number of hydrogen-bond donors (Lipinski definition) is 0. The summed E-state index contributed by atoms with van der Waals surface area (Å²) in [5.74, 6) is -1.61. The largest absolute Gasteiger partial charge is 0.480 e. The van der Waals surface area contributed by atoms with Gasteiger partial charge < -0.3 is 20.2 Å². The van der Waals surface area contributed by atoms with Crippen molar-refractivity contribution in [3.8, 4) is 0 Å². The molecule has 0 aromatic carbocycles. The molecule has 0 aliphatic carbocycles. The van der Waals surface area contributed by atoms with Crippen LogP contribution in [0.1, 0.15) is 0 Å². The van der Waals surface area contributed by atoms with Crippen molar-refractivity contribution in [1.29, 1.82) is 0 Å². The lowest BCUT2D eigenvalue weighted by molar-refractivity contribution is -0.427. The molecule has 58 valence electrons. The lowest BCUT2D eigenvalue weighted by Crippen LogP contribution is -1.94. The van der Waals surface area contributed by atoms with Gasteiger partial charge in [-0.25, -0.2) is 0 Å². The maximum absolute atomic E-state index is 9.99. The number of hydrogen-bond acceptors (Lipinski definition) is 7. The molecule has 0 aliphatic rings. The van der Waals surface area contributed by atoms with E-state index in [0.29, 0.717) is 11.7 Å². The van der Waals surface area contributed by atoms with Crippen LogP contribution in [0.25, 0.3) is 0 Å². The molecule has 9 heteroatoms. The first kappa shape index (κ1) is 7.47. The van der Waals surface area contributed by atoms with Crippen LogP contribution in [0, 0.1) is 20.2 Å². The van der Waals surface area contributed by atoms with Crippen LogP contribution >= 0.6 is 11.7 Å². The van der Waals surface area contributed by atoms with Crippen LogP contribution in [-0.4, -0.2) is 18.6 Å². The van der Waals surface area contributed by atoms with Gasteiger partial charge in [-0.1, -0.05) is 0 Å². The summed E-state index contributed by atoms with van der Waals surface area (Å²) in [6.45, 7) is 0. The number of rotatable bonds is 2. The second-order valence-electron chi connectivity index (χ2n) is 1.43. The van der Waals surface area contributed by atoms with Crippen molar-refractivity contribution in [2.24, 2.45) is 0 Å². The van der Waals surface area contributed by atoms with E-state index >= 15 is 0 Å². The molecule has 0 radical (unpaired) electrons. The van der Waals surface area contributed by atoms with E-state index in [4.69, 9.17) is 0 Å². The summed E-state index contributed by atoms with van der Waals surface area (Å²) in [5.41, 5.74) is 0. The Kier molecular flexibility index (Phi) is 1.72. The standard InChI is InChI=1S/C2N4O4S/c7-5(8)1-2(6(9)10)4-11-3-1. The Bertz CT molecular complexity index is 278. The summed E-state index contributed by atoms with van der Waals surface area (Å²) in [4.78, 5) is 18.1. The van der Waals surface area contributed by atoms with Gasteiger partial charge in [-0.2, -0.15) is 0 Å². The molecule has 1 rings (SSSR count). The molecule has 0 bridgehead atoms. The van der Waals surface area contributed by atoms with Gasteiger partial charge in [-0.05, 0) is 9.85 Å². The third-order valence-corrected chi connectivity index (χ3v) is 1.31. The fraction of sp³-hybridized carbons (Fsp3) is 0. The fourth-order valence-electron chi connectivity index (χ4n) is 0.409. The van der Waals surface area contributed by atoms with E-state index in [0.717, 1.165) is 0 Å². The van der Waals surface area contributed by atoms with Crippen molar-refractivity contribution in [1.82, 2.24) is 8.75 Å². The SMILES string of the molecule is O=[N+]([O-])c1nsnc1[N+](=O)[O-]. The highest BCUT2D eigenvalue weighted by Crippen LogP contribution is 2.21. The molecular weight excluding hydrogens is 176 g/mol. The highest BCUT2D eigenvalue weighted by atomic mass is 32.1. The first-order valence-corrected chi connectivity index (χ1v) is 2.97. The van der Waals surface area contributed by atoms with Gasteiger partial charge in [0.2, 0.25) is 0 Å². The predicted octanol–water partition coefficient (Wildman–Crippen LogP) is 0.354. The molecule has 0 aliphatic heterocycles. The fourth-order valence-corrected chi connectivity index (χ4v) is 0.902. The van der Waals surface area contributed by atoms with E-state index in [-0.39, 0.29) is 0 Å². The first-order valence-electron chi connectivity index (χ1n) is 2.24. The van der Waals surface area contributed by atoms with Crippen LogP contribution in [0.3, 0.4) is 0 Å². The lowest BCUT2D eigenvalue weighted by Gasteiger charge is -1.86. The smallest absolute Gasteiger partial charge is 0.358 e. The Morgan fingerprint density at radius 1 is 1.09 bits per heavy atom. The van der Waals surface area contributed by atoms with Crippen molar-refractivity contribution >= 4 is 23.4 Å². The van der Waals surface area contributed by atoms with E-state index < -0.39 is 21.5 Å². The minimum Gasteiger partial charge on any atom is -0.358 e. The maximum Gasteiger partial charge on any atom is 0.480 e. The number of nitro groups is 2. The van der Waals surface area contributed by atoms with Crippen molar-refractivity contribution in [2.75, 3.05) is 0 Å². The topological polar surface area (TPSA) is 112 Å². The normalized spacial score (nSPS) is 9.45. The number of nitrogens with zero attached hydrogens (tertiary/aromatic N) is 4. The van der Waals surface area contributed by atoms with E-state index in [1.165, 1.54) is 0 Å². The van der Waals surface area contributed by atoms with E-state index in [9.17, 15) is 20.2 Å². The van der Waals surface area contributed by atoms with E-state index in [1.54, 1.807) is 0 Å². The second kappa shape index (κ2) is 2.54. The van der Waals surface area contributed by atoms with Gasteiger partial charge in [-0.15, -0.1) is 0 Å². The van der Waals surface area contributed by atoms with Gasteiger partial charge in [0.25, 0.3) is 0 Å². The molecule has 11 heavy (non-hydrogen) atoms. The zero-order valence-electron chi connectivity index (χ0n) is 4.83. The van der Waals surface area contributed by atoms with Gasteiger partial charge in [0.15, 0.2) is 0 Å². The molecule has 1 aromatic heterocycles. The summed E-state index contributed by atoms with van der Waals surface area (Å²) in [5, 5.41) is 20.0. The van der Waals surface area contributed by atoms with Crippen molar-refractivity contribution in [3.63, 3.8) is 0 Å². The zero-order valence-corrected chi connectivity index (χ0v) is 5.65. The molecule has 0 amide bonds. The summed E-state index contributed by atoms with van der Waals surface area (Å²) in [7, 11) is 0. The molecule has 0 fully saturated rings. The van der Waals surface area contributed by atoms with Crippen molar-refractivity contribution in [2.45, 2.75) is 0 Å².